The molecule has 4 nitrogen and oxygen atoms in total. The van der Waals surface area contributed by atoms with Crippen LogP contribution in [-0.2, 0) is 9.53 Å². The number of carbonyl (C=O) groups is 1. The predicted molar refractivity (Wildman–Crippen MR) is 69.1 cm³/mol. The van der Waals surface area contributed by atoms with E-state index in [-0.39, 0.29) is 6.10 Å². The summed E-state index contributed by atoms with van der Waals surface area (Å²) >= 11 is 0. The molecule has 0 saturated carbocycles. The molecule has 0 amide bonds. The number of rotatable bonds is 8. The first-order chi connectivity index (χ1) is 8.65. The zero-order chi connectivity index (χ0) is 13.4. The van der Waals surface area contributed by atoms with Crippen molar-refractivity contribution in [3.8, 4) is 0 Å². The van der Waals surface area contributed by atoms with Crippen LogP contribution >= 0.6 is 0 Å². The maximum atomic E-state index is 11.2. The van der Waals surface area contributed by atoms with Gasteiger partial charge in [-0.3, -0.25) is 0 Å². The molecule has 1 unspecified atom stereocenters. The van der Waals surface area contributed by atoms with E-state index in [9.17, 15) is 15.0 Å². The summed E-state index contributed by atoms with van der Waals surface area (Å²) in [4.78, 5) is 11.2. The lowest BCUT2D eigenvalue weighted by molar-refractivity contribution is -0.179. The lowest BCUT2D eigenvalue weighted by atomic mass is 9.98. The summed E-state index contributed by atoms with van der Waals surface area (Å²) in [5, 5.41) is 18.7. The minimum atomic E-state index is -1.35. The Balaban J connectivity index is 2.04. The van der Waals surface area contributed by atoms with Gasteiger partial charge in [0.15, 0.2) is 6.10 Å². The topological polar surface area (TPSA) is 66.8 Å². The van der Waals surface area contributed by atoms with E-state index in [0.717, 1.165) is 19.3 Å². The Hall–Kier alpha value is -0.610. The van der Waals surface area contributed by atoms with Crippen molar-refractivity contribution in [2.45, 2.75) is 83.0 Å². The smallest absolute Gasteiger partial charge is 0.337 e. The number of carbonyl (C=O) groups excluding carboxylic acids is 1. The van der Waals surface area contributed by atoms with Crippen molar-refractivity contribution >= 4 is 5.97 Å². The molecule has 1 heterocycles. The van der Waals surface area contributed by atoms with Crippen LogP contribution in [0, 0.1) is 0 Å². The Labute approximate surface area is 109 Å². The molecule has 1 saturated heterocycles. The molecule has 0 bridgehead atoms. The molecule has 1 rings (SSSR count). The molecule has 4 heteroatoms. The summed E-state index contributed by atoms with van der Waals surface area (Å²) in [6.45, 7) is 2.21. The van der Waals surface area contributed by atoms with Crippen LogP contribution in [0.3, 0.4) is 0 Å². The summed E-state index contributed by atoms with van der Waals surface area (Å²) in [5.74, 6) is -0.679. The molecule has 1 aliphatic rings. The summed E-state index contributed by atoms with van der Waals surface area (Å²) in [7, 11) is 0. The van der Waals surface area contributed by atoms with Crippen molar-refractivity contribution in [1.82, 2.24) is 0 Å². The predicted octanol–water partition coefficient (Wildman–Crippen LogP) is 2.16. The lowest BCUT2D eigenvalue weighted by Gasteiger charge is -2.29. The molecule has 0 aromatic heterocycles. The minimum absolute atomic E-state index is 0.216. The minimum Gasteiger partial charge on any atom is -0.460 e. The van der Waals surface area contributed by atoms with E-state index in [1.54, 1.807) is 0 Å². The normalized spacial score (nSPS) is 28.2. The Morgan fingerprint density at radius 1 is 1.11 bits per heavy atom. The first-order valence-electron chi connectivity index (χ1n) is 7.21. The fourth-order valence-electron chi connectivity index (χ4n) is 2.34. The van der Waals surface area contributed by atoms with Gasteiger partial charge < -0.3 is 14.9 Å². The molecule has 18 heavy (non-hydrogen) atoms. The Bertz CT molecular complexity index is 242. The van der Waals surface area contributed by atoms with Gasteiger partial charge in [0.1, 0.15) is 6.10 Å². The standard InChI is InChI=1S/C14H26O4/c1-2-3-4-5-6-7-8-9-11-10-12(15)13(16)14(17)18-11/h11-13,15-16H,2-10H2,1H3/t11?,12-,13-/m1/s1. The molecular weight excluding hydrogens is 232 g/mol. The average Bonchev–Trinajstić information content (AvgIpc) is 2.34. The molecule has 106 valence electrons. The molecule has 0 radical (unpaired) electrons. The van der Waals surface area contributed by atoms with Gasteiger partial charge in [-0.15, -0.1) is 0 Å². The van der Waals surface area contributed by atoms with Gasteiger partial charge in [-0.1, -0.05) is 45.4 Å². The van der Waals surface area contributed by atoms with Crippen LogP contribution in [0.5, 0.6) is 0 Å². The molecule has 0 aliphatic carbocycles. The molecule has 3 atom stereocenters. The van der Waals surface area contributed by atoms with Crippen LogP contribution in [0.15, 0.2) is 0 Å². The number of aliphatic hydroxyl groups excluding tert-OH is 2. The van der Waals surface area contributed by atoms with E-state index in [1.165, 1.54) is 32.1 Å². The molecule has 0 spiro atoms. The quantitative estimate of drug-likeness (QED) is 0.517. The van der Waals surface area contributed by atoms with Crippen molar-refractivity contribution in [2.24, 2.45) is 0 Å². The zero-order valence-electron chi connectivity index (χ0n) is 11.3. The molecule has 1 fully saturated rings. The highest BCUT2D eigenvalue weighted by atomic mass is 16.6. The van der Waals surface area contributed by atoms with E-state index in [4.69, 9.17) is 4.74 Å². The highest BCUT2D eigenvalue weighted by Gasteiger charge is 2.35. The van der Waals surface area contributed by atoms with Gasteiger partial charge in [0, 0.05) is 6.42 Å². The monoisotopic (exact) mass is 258 g/mol. The third-order valence-electron chi connectivity index (χ3n) is 3.52. The number of cyclic esters (lactones) is 1. The van der Waals surface area contributed by atoms with Crippen LogP contribution in [0.4, 0.5) is 0 Å². The number of aliphatic hydroxyl groups is 2. The second kappa shape index (κ2) is 8.48. The third-order valence-corrected chi connectivity index (χ3v) is 3.52. The van der Waals surface area contributed by atoms with Gasteiger partial charge in [0.05, 0.1) is 6.10 Å². The number of unbranched alkanes of at least 4 members (excludes halogenated alkanes) is 6. The van der Waals surface area contributed by atoms with Gasteiger partial charge in [-0.05, 0) is 12.8 Å². The zero-order valence-corrected chi connectivity index (χ0v) is 11.3. The van der Waals surface area contributed by atoms with E-state index >= 15 is 0 Å². The van der Waals surface area contributed by atoms with Gasteiger partial charge in [0.25, 0.3) is 0 Å². The summed E-state index contributed by atoms with van der Waals surface area (Å²) < 4.78 is 5.07. The highest BCUT2D eigenvalue weighted by molar-refractivity contribution is 5.76. The van der Waals surface area contributed by atoms with E-state index in [1.807, 2.05) is 0 Å². The second-order valence-corrected chi connectivity index (χ2v) is 5.22. The molecule has 0 aromatic carbocycles. The van der Waals surface area contributed by atoms with Crippen LogP contribution in [0.1, 0.15) is 64.7 Å². The van der Waals surface area contributed by atoms with Gasteiger partial charge in [0.2, 0.25) is 0 Å². The van der Waals surface area contributed by atoms with Crippen LogP contribution in [-0.4, -0.2) is 34.5 Å². The fraction of sp³-hybridized carbons (Fsp3) is 0.929. The Kier molecular flexibility index (Phi) is 7.28. The van der Waals surface area contributed by atoms with Crippen LogP contribution in [0.25, 0.3) is 0 Å². The number of esters is 1. The van der Waals surface area contributed by atoms with Crippen LogP contribution in [0.2, 0.25) is 0 Å². The SMILES string of the molecule is CCCCCCCCCC1C[C@@H](O)[C@@H](O)C(=O)O1. The second-order valence-electron chi connectivity index (χ2n) is 5.22. The molecule has 2 N–H and O–H groups in total. The van der Waals surface area contributed by atoms with Gasteiger partial charge in [-0.25, -0.2) is 4.79 Å². The van der Waals surface area contributed by atoms with E-state index < -0.39 is 18.2 Å². The van der Waals surface area contributed by atoms with Crippen molar-refractivity contribution in [2.75, 3.05) is 0 Å². The maximum Gasteiger partial charge on any atom is 0.337 e. The molecular formula is C14H26O4. The van der Waals surface area contributed by atoms with Gasteiger partial charge >= 0.3 is 5.97 Å². The Morgan fingerprint density at radius 3 is 2.33 bits per heavy atom. The summed E-state index contributed by atoms with van der Waals surface area (Å²) in [6.07, 6.45) is 7.19. The first kappa shape index (κ1) is 15.4. The van der Waals surface area contributed by atoms with Crippen molar-refractivity contribution < 1.29 is 19.7 Å². The van der Waals surface area contributed by atoms with Crippen molar-refractivity contribution in [1.29, 1.82) is 0 Å². The highest BCUT2D eigenvalue weighted by Crippen LogP contribution is 2.20. The number of hydrogen-bond acceptors (Lipinski definition) is 4. The summed E-state index contributed by atoms with van der Waals surface area (Å²) in [5.41, 5.74) is 0. The average molecular weight is 258 g/mol. The number of hydrogen-bond donors (Lipinski definition) is 2. The van der Waals surface area contributed by atoms with Crippen LogP contribution < -0.4 is 0 Å². The number of ether oxygens (including phenoxy) is 1. The third kappa shape index (κ3) is 5.36. The fourth-order valence-corrected chi connectivity index (χ4v) is 2.34. The van der Waals surface area contributed by atoms with Gasteiger partial charge in [-0.2, -0.15) is 0 Å². The summed E-state index contributed by atoms with van der Waals surface area (Å²) in [6, 6.07) is 0. The molecule has 1 aliphatic heterocycles. The van der Waals surface area contributed by atoms with Crippen molar-refractivity contribution in [3.05, 3.63) is 0 Å². The Morgan fingerprint density at radius 2 is 1.72 bits per heavy atom. The lowest BCUT2D eigenvalue weighted by Crippen LogP contribution is -2.45. The van der Waals surface area contributed by atoms with E-state index in [0.29, 0.717) is 6.42 Å². The largest absolute Gasteiger partial charge is 0.460 e. The van der Waals surface area contributed by atoms with Crippen molar-refractivity contribution in [3.63, 3.8) is 0 Å². The first-order valence-corrected chi connectivity index (χ1v) is 7.21. The molecule has 0 aromatic rings. The maximum absolute atomic E-state index is 11.2. The van der Waals surface area contributed by atoms with E-state index in [2.05, 4.69) is 6.92 Å².